The molecule has 5 nitrogen and oxygen atoms in total. The van der Waals surface area contributed by atoms with Crippen LogP contribution in [0.3, 0.4) is 0 Å². The van der Waals surface area contributed by atoms with E-state index in [1.54, 1.807) is 4.90 Å². The Bertz CT molecular complexity index is 1020. The van der Waals surface area contributed by atoms with Crippen molar-refractivity contribution in [3.8, 4) is 5.75 Å². The average molecular weight is 411 g/mol. The molecule has 1 unspecified atom stereocenters. The van der Waals surface area contributed by atoms with Gasteiger partial charge in [-0.15, -0.1) is 0 Å². The molecule has 1 atom stereocenters. The molecule has 0 saturated carbocycles. The largest absolute Gasteiger partial charge is 0.494 e. The number of nitrogens with zero attached hydrogens (tertiary/aromatic N) is 2. The van der Waals surface area contributed by atoms with Crippen LogP contribution in [0.2, 0.25) is 0 Å². The van der Waals surface area contributed by atoms with E-state index in [-0.39, 0.29) is 12.0 Å². The summed E-state index contributed by atoms with van der Waals surface area (Å²) in [6.45, 7) is 7.94. The zero-order valence-corrected chi connectivity index (χ0v) is 17.9. The van der Waals surface area contributed by atoms with E-state index in [1.165, 1.54) is 16.9 Å². The molecule has 0 bridgehead atoms. The second-order valence-electron chi connectivity index (χ2n) is 7.41. The maximum absolute atomic E-state index is 13.5. The summed E-state index contributed by atoms with van der Waals surface area (Å²) < 4.78 is 12.4. The molecule has 1 fully saturated rings. The average Bonchev–Trinajstić information content (AvgIpc) is 3.37. The molecule has 1 saturated heterocycles. The third-order valence-electron chi connectivity index (χ3n) is 5.30. The number of benzene rings is 2. The molecular formula is C23H26N2O3S. The Morgan fingerprint density at radius 2 is 2.10 bits per heavy atom. The van der Waals surface area contributed by atoms with Crippen LogP contribution in [0, 0.1) is 13.8 Å². The summed E-state index contributed by atoms with van der Waals surface area (Å²) in [6, 6.07) is 11.7. The van der Waals surface area contributed by atoms with Crippen LogP contribution >= 0.6 is 11.3 Å². The number of hydrogen-bond acceptors (Lipinski definition) is 5. The number of rotatable bonds is 6. The zero-order valence-electron chi connectivity index (χ0n) is 17.1. The van der Waals surface area contributed by atoms with E-state index in [0.717, 1.165) is 41.0 Å². The van der Waals surface area contributed by atoms with Crippen molar-refractivity contribution >= 4 is 32.6 Å². The van der Waals surface area contributed by atoms with Crippen molar-refractivity contribution in [2.45, 2.75) is 39.7 Å². The molecule has 2 aromatic carbocycles. The smallest absolute Gasteiger partial charge is 0.260 e. The molecule has 0 radical (unpaired) electrons. The van der Waals surface area contributed by atoms with Crippen molar-refractivity contribution in [2.75, 3.05) is 24.7 Å². The zero-order chi connectivity index (χ0) is 20.4. The minimum Gasteiger partial charge on any atom is -0.494 e. The quantitative estimate of drug-likeness (QED) is 0.565. The monoisotopic (exact) mass is 410 g/mol. The van der Waals surface area contributed by atoms with Gasteiger partial charge in [-0.05, 0) is 75.1 Å². The first kappa shape index (κ1) is 19.9. The van der Waals surface area contributed by atoms with E-state index in [4.69, 9.17) is 14.5 Å². The number of thiazole rings is 1. The SMILES string of the molecule is CCOc1ccc2nc(N(CC3CCCO3)C(=O)c3ccc(C)c(C)c3)sc2c1. The summed E-state index contributed by atoms with van der Waals surface area (Å²) in [5.74, 6) is 0.786. The van der Waals surface area contributed by atoms with Crippen LogP contribution in [0.1, 0.15) is 41.3 Å². The van der Waals surface area contributed by atoms with Gasteiger partial charge in [0.05, 0.1) is 29.5 Å². The Balaban J connectivity index is 1.70. The van der Waals surface area contributed by atoms with Crippen LogP contribution in [0.4, 0.5) is 5.13 Å². The van der Waals surface area contributed by atoms with Crippen molar-refractivity contribution in [2.24, 2.45) is 0 Å². The topological polar surface area (TPSA) is 51.7 Å². The lowest BCUT2D eigenvalue weighted by atomic mass is 10.1. The number of anilines is 1. The molecule has 2 heterocycles. The first-order valence-corrected chi connectivity index (χ1v) is 10.9. The van der Waals surface area contributed by atoms with Gasteiger partial charge in [-0.3, -0.25) is 9.69 Å². The van der Waals surface area contributed by atoms with Crippen molar-refractivity contribution in [3.63, 3.8) is 0 Å². The Hall–Kier alpha value is -2.44. The maximum Gasteiger partial charge on any atom is 0.260 e. The minimum absolute atomic E-state index is 0.0345. The standard InChI is InChI=1S/C23H26N2O3S/c1-4-27-18-9-10-20-21(13-18)29-23(24-20)25(14-19-6-5-11-28-19)22(26)17-8-7-15(2)16(3)12-17/h7-10,12-13,19H,4-6,11,14H2,1-3H3. The van der Waals surface area contributed by atoms with E-state index in [1.807, 2.05) is 50.2 Å². The van der Waals surface area contributed by atoms with Crippen LogP contribution < -0.4 is 9.64 Å². The summed E-state index contributed by atoms with van der Waals surface area (Å²) in [4.78, 5) is 20.0. The second-order valence-corrected chi connectivity index (χ2v) is 8.42. The molecule has 0 N–H and O–H groups in total. The molecule has 1 aliphatic heterocycles. The van der Waals surface area contributed by atoms with Gasteiger partial charge in [0.2, 0.25) is 0 Å². The summed E-state index contributed by atoms with van der Waals surface area (Å²) in [5.41, 5.74) is 3.84. The van der Waals surface area contributed by atoms with Crippen molar-refractivity contribution < 1.29 is 14.3 Å². The molecule has 1 amide bonds. The number of amides is 1. The molecule has 152 valence electrons. The summed E-state index contributed by atoms with van der Waals surface area (Å²) >= 11 is 1.52. The van der Waals surface area contributed by atoms with Gasteiger partial charge in [0.15, 0.2) is 5.13 Å². The van der Waals surface area contributed by atoms with Crippen LogP contribution in [0.15, 0.2) is 36.4 Å². The lowest BCUT2D eigenvalue weighted by Gasteiger charge is -2.23. The third-order valence-corrected chi connectivity index (χ3v) is 6.34. The molecular weight excluding hydrogens is 384 g/mol. The van der Waals surface area contributed by atoms with Gasteiger partial charge in [0, 0.05) is 12.2 Å². The Morgan fingerprint density at radius 1 is 1.24 bits per heavy atom. The predicted octanol–water partition coefficient (Wildman–Crippen LogP) is 5.14. The van der Waals surface area contributed by atoms with Crippen LogP contribution in [-0.4, -0.2) is 36.8 Å². The molecule has 3 aromatic rings. The number of carbonyl (C=O) groups is 1. The van der Waals surface area contributed by atoms with E-state index < -0.39 is 0 Å². The highest BCUT2D eigenvalue weighted by Crippen LogP contribution is 2.33. The summed E-state index contributed by atoms with van der Waals surface area (Å²) in [5, 5.41) is 0.701. The number of fused-ring (bicyclic) bond motifs is 1. The Morgan fingerprint density at radius 3 is 2.83 bits per heavy atom. The van der Waals surface area contributed by atoms with Gasteiger partial charge < -0.3 is 9.47 Å². The lowest BCUT2D eigenvalue weighted by molar-refractivity contribution is 0.0917. The lowest BCUT2D eigenvalue weighted by Crippen LogP contribution is -2.37. The number of carbonyl (C=O) groups excluding carboxylic acids is 1. The van der Waals surface area contributed by atoms with Crippen molar-refractivity contribution in [1.82, 2.24) is 4.98 Å². The normalized spacial score (nSPS) is 16.3. The van der Waals surface area contributed by atoms with Crippen LogP contribution in [0.5, 0.6) is 5.75 Å². The molecule has 0 spiro atoms. The Labute approximate surface area is 175 Å². The van der Waals surface area contributed by atoms with Gasteiger partial charge in [0.25, 0.3) is 5.91 Å². The number of aromatic nitrogens is 1. The van der Waals surface area contributed by atoms with Crippen LogP contribution in [0.25, 0.3) is 10.2 Å². The minimum atomic E-state index is -0.0345. The van der Waals surface area contributed by atoms with E-state index in [2.05, 4.69) is 6.92 Å². The summed E-state index contributed by atoms with van der Waals surface area (Å²) in [6.07, 6.45) is 2.06. The van der Waals surface area contributed by atoms with Gasteiger partial charge >= 0.3 is 0 Å². The maximum atomic E-state index is 13.5. The number of aryl methyl sites for hydroxylation is 2. The van der Waals surface area contributed by atoms with E-state index in [9.17, 15) is 4.79 Å². The van der Waals surface area contributed by atoms with E-state index >= 15 is 0 Å². The summed E-state index contributed by atoms with van der Waals surface area (Å²) in [7, 11) is 0. The molecule has 1 aliphatic rings. The fourth-order valence-corrected chi connectivity index (χ4v) is 4.54. The van der Waals surface area contributed by atoms with Crippen molar-refractivity contribution in [3.05, 3.63) is 53.1 Å². The highest BCUT2D eigenvalue weighted by atomic mass is 32.1. The van der Waals surface area contributed by atoms with E-state index in [0.29, 0.717) is 23.8 Å². The number of hydrogen-bond donors (Lipinski definition) is 0. The molecule has 29 heavy (non-hydrogen) atoms. The fraction of sp³-hybridized carbons (Fsp3) is 0.391. The third kappa shape index (κ3) is 4.28. The fourth-order valence-electron chi connectivity index (χ4n) is 3.53. The van der Waals surface area contributed by atoms with Gasteiger partial charge in [-0.2, -0.15) is 0 Å². The first-order valence-electron chi connectivity index (χ1n) is 10.1. The predicted molar refractivity (Wildman–Crippen MR) is 117 cm³/mol. The van der Waals surface area contributed by atoms with Gasteiger partial charge in [0.1, 0.15) is 5.75 Å². The molecule has 0 aliphatic carbocycles. The number of ether oxygens (including phenoxy) is 2. The highest BCUT2D eigenvalue weighted by Gasteiger charge is 2.27. The first-order chi connectivity index (χ1) is 14.0. The van der Waals surface area contributed by atoms with Crippen molar-refractivity contribution in [1.29, 1.82) is 0 Å². The molecule has 6 heteroatoms. The van der Waals surface area contributed by atoms with Crippen LogP contribution in [-0.2, 0) is 4.74 Å². The van der Waals surface area contributed by atoms with Gasteiger partial charge in [-0.25, -0.2) is 4.98 Å². The highest BCUT2D eigenvalue weighted by molar-refractivity contribution is 7.22. The Kier molecular flexibility index (Phi) is 5.83. The second kappa shape index (κ2) is 8.51. The molecule has 4 rings (SSSR count). The van der Waals surface area contributed by atoms with Gasteiger partial charge in [-0.1, -0.05) is 17.4 Å². The molecule has 1 aromatic heterocycles.